The number of anilines is 3. The van der Waals surface area contributed by atoms with Gasteiger partial charge in [-0.25, -0.2) is 0 Å². The van der Waals surface area contributed by atoms with Crippen molar-refractivity contribution in [3.05, 3.63) is 36.0 Å². The van der Waals surface area contributed by atoms with Gasteiger partial charge >= 0.3 is 0 Å². The smallest absolute Gasteiger partial charge is 0.244 e. The van der Waals surface area contributed by atoms with E-state index in [-0.39, 0.29) is 0 Å². The lowest BCUT2D eigenvalue weighted by molar-refractivity contribution is 0.0398. The first-order chi connectivity index (χ1) is 11.3. The van der Waals surface area contributed by atoms with Crippen LogP contribution in [0.15, 0.2) is 30.5 Å². The van der Waals surface area contributed by atoms with Gasteiger partial charge in [0.1, 0.15) is 0 Å². The van der Waals surface area contributed by atoms with Crippen molar-refractivity contribution >= 4 is 17.5 Å². The maximum absolute atomic E-state index is 5.34. The molecule has 1 aromatic heterocycles. The maximum Gasteiger partial charge on any atom is 0.244 e. The molecule has 2 aromatic rings. The molecule has 23 heavy (non-hydrogen) atoms. The Kier molecular flexibility index (Phi) is 5.33. The first kappa shape index (κ1) is 15.6. The van der Waals surface area contributed by atoms with Gasteiger partial charge in [-0.15, -0.1) is 5.10 Å². The van der Waals surface area contributed by atoms with Crippen LogP contribution in [0.4, 0.5) is 17.5 Å². The molecule has 0 amide bonds. The third-order valence-corrected chi connectivity index (χ3v) is 3.66. The molecule has 0 spiro atoms. The van der Waals surface area contributed by atoms with Crippen molar-refractivity contribution in [2.75, 3.05) is 50.0 Å². The van der Waals surface area contributed by atoms with Gasteiger partial charge in [-0.05, 0) is 24.6 Å². The van der Waals surface area contributed by atoms with Gasteiger partial charge < -0.3 is 15.4 Å². The van der Waals surface area contributed by atoms with E-state index in [0.29, 0.717) is 11.8 Å². The fraction of sp³-hybridized carbons (Fsp3) is 0.438. The number of hydrogen-bond acceptors (Lipinski definition) is 7. The van der Waals surface area contributed by atoms with E-state index in [1.807, 2.05) is 12.1 Å². The molecule has 0 unspecified atom stereocenters. The monoisotopic (exact) mass is 314 g/mol. The van der Waals surface area contributed by atoms with E-state index >= 15 is 0 Å². The van der Waals surface area contributed by atoms with E-state index in [9.17, 15) is 0 Å². The molecule has 1 saturated heterocycles. The predicted octanol–water partition coefficient (Wildman–Crippen LogP) is 1.67. The van der Waals surface area contributed by atoms with Crippen LogP contribution in [0.2, 0.25) is 0 Å². The number of nitrogens with zero attached hydrogens (tertiary/aromatic N) is 4. The highest BCUT2D eigenvalue weighted by Gasteiger charge is 2.09. The second-order valence-corrected chi connectivity index (χ2v) is 5.54. The Morgan fingerprint density at radius 2 is 2.13 bits per heavy atom. The van der Waals surface area contributed by atoms with Crippen molar-refractivity contribution in [3.8, 4) is 0 Å². The van der Waals surface area contributed by atoms with Gasteiger partial charge in [-0.2, -0.15) is 10.1 Å². The number of ether oxygens (including phenoxy) is 1. The summed E-state index contributed by atoms with van der Waals surface area (Å²) in [6.07, 6.45) is 1.62. The van der Waals surface area contributed by atoms with Crippen molar-refractivity contribution in [3.63, 3.8) is 0 Å². The number of aromatic nitrogens is 3. The Balaban J connectivity index is 1.52. The Morgan fingerprint density at radius 1 is 1.26 bits per heavy atom. The maximum atomic E-state index is 5.34. The van der Waals surface area contributed by atoms with E-state index in [2.05, 4.69) is 49.8 Å². The minimum absolute atomic E-state index is 0.538. The first-order valence-corrected chi connectivity index (χ1v) is 7.87. The molecule has 0 bridgehead atoms. The molecule has 1 aliphatic heterocycles. The van der Waals surface area contributed by atoms with Crippen LogP contribution in [0.5, 0.6) is 0 Å². The molecule has 7 nitrogen and oxygen atoms in total. The van der Waals surface area contributed by atoms with Gasteiger partial charge in [0.05, 0.1) is 19.4 Å². The Bertz CT molecular complexity index is 629. The Morgan fingerprint density at radius 3 is 2.96 bits per heavy atom. The van der Waals surface area contributed by atoms with Crippen molar-refractivity contribution in [2.24, 2.45) is 0 Å². The second kappa shape index (κ2) is 7.85. The molecule has 1 aromatic carbocycles. The summed E-state index contributed by atoms with van der Waals surface area (Å²) in [5.41, 5.74) is 2.19. The summed E-state index contributed by atoms with van der Waals surface area (Å²) in [5.74, 6) is 1.22. The first-order valence-electron chi connectivity index (χ1n) is 7.87. The van der Waals surface area contributed by atoms with Crippen LogP contribution >= 0.6 is 0 Å². The van der Waals surface area contributed by atoms with Gasteiger partial charge in [0.15, 0.2) is 5.82 Å². The summed E-state index contributed by atoms with van der Waals surface area (Å²) >= 11 is 0. The molecule has 0 saturated carbocycles. The third-order valence-electron chi connectivity index (χ3n) is 3.66. The minimum Gasteiger partial charge on any atom is -0.379 e. The second-order valence-electron chi connectivity index (χ2n) is 5.54. The number of morpholine rings is 1. The molecule has 1 aliphatic rings. The van der Waals surface area contributed by atoms with Crippen molar-refractivity contribution in [1.29, 1.82) is 0 Å². The molecule has 7 heteroatoms. The van der Waals surface area contributed by atoms with E-state index < -0.39 is 0 Å². The summed E-state index contributed by atoms with van der Waals surface area (Å²) < 4.78 is 5.34. The predicted molar refractivity (Wildman–Crippen MR) is 90.0 cm³/mol. The van der Waals surface area contributed by atoms with Crippen LogP contribution in [-0.4, -0.2) is 59.5 Å². The molecule has 0 aliphatic carbocycles. The van der Waals surface area contributed by atoms with Gasteiger partial charge in [0.2, 0.25) is 5.95 Å². The molecule has 3 rings (SSSR count). The van der Waals surface area contributed by atoms with E-state index in [0.717, 1.165) is 45.1 Å². The molecule has 122 valence electrons. The third kappa shape index (κ3) is 4.87. The average molecular weight is 314 g/mol. The summed E-state index contributed by atoms with van der Waals surface area (Å²) in [7, 11) is 0. The van der Waals surface area contributed by atoms with Gasteiger partial charge in [0.25, 0.3) is 0 Å². The SMILES string of the molecule is Cc1cccc(Nc2cnnc(NCCN3CCOCC3)n2)c1. The van der Waals surface area contributed by atoms with Crippen LogP contribution in [0, 0.1) is 6.92 Å². The topological polar surface area (TPSA) is 75.2 Å². The van der Waals surface area contributed by atoms with Gasteiger partial charge in [-0.1, -0.05) is 12.1 Å². The zero-order valence-corrected chi connectivity index (χ0v) is 13.3. The normalized spacial score (nSPS) is 15.3. The molecule has 2 heterocycles. The van der Waals surface area contributed by atoms with E-state index in [4.69, 9.17) is 4.74 Å². The van der Waals surface area contributed by atoms with Crippen LogP contribution in [0.3, 0.4) is 0 Å². The number of rotatable bonds is 6. The number of nitrogens with one attached hydrogen (secondary N) is 2. The Hall–Kier alpha value is -2.25. The molecule has 0 atom stereocenters. The molecule has 0 radical (unpaired) electrons. The lowest BCUT2D eigenvalue weighted by Crippen LogP contribution is -2.39. The average Bonchev–Trinajstić information content (AvgIpc) is 2.56. The highest BCUT2D eigenvalue weighted by Crippen LogP contribution is 2.15. The van der Waals surface area contributed by atoms with Crippen LogP contribution in [0.1, 0.15) is 5.56 Å². The van der Waals surface area contributed by atoms with Crippen LogP contribution in [0.25, 0.3) is 0 Å². The van der Waals surface area contributed by atoms with Crippen LogP contribution in [-0.2, 0) is 4.74 Å². The van der Waals surface area contributed by atoms with Gasteiger partial charge in [0, 0.05) is 31.9 Å². The number of benzene rings is 1. The summed E-state index contributed by atoms with van der Waals surface area (Å²) in [6, 6.07) is 8.13. The molecule has 2 N–H and O–H groups in total. The molecule has 1 fully saturated rings. The highest BCUT2D eigenvalue weighted by molar-refractivity contribution is 5.56. The minimum atomic E-state index is 0.538. The van der Waals surface area contributed by atoms with Crippen LogP contribution < -0.4 is 10.6 Å². The van der Waals surface area contributed by atoms with Crippen molar-refractivity contribution in [1.82, 2.24) is 20.1 Å². The molecular weight excluding hydrogens is 292 g/mol. The lowest BCUT2D eigenvalue weighted by Gasteiger charge is -2.26. The number of hydrogen-bond donors (Lipinski definition) is 2. The summed E-state index contributed by atoms with van der Waals surface area (Å²) in [5, 5.41) is 14.5. The molecular formula is C16H22N6O. The summed E-state index contributed by atoms with van der Waals surface area (Å²) in [4.78, 5) is 6.80. The largest absolute Gasteiger partial charge is 0.379 e. The number of aryl methyl sites for hydroxylation is 1. The standard InChI is InChI=1S/C16H22N6O/c1-13-3-2-4-14(11-13)19-15-12-18-21-16(20-15)17-5-6-22-7-9-23-10-8-22/h2-4,11-12H,5-10H2,1H3,(H2,17,19,20,21). The van der Waals surface area contributed by atoms with Gasteiger partial charge in [-0.3, -0.25) is 4.90 Å². The fourth-order valence-electron chi connectivity index (χ4n) is 2.46. The summed E-state index contributed by atoms with van der Waals surface area (Å²) in [6.45, 7) is 7.38. The quantitative estimate of drug-likeness (QED) is 0.840. The van der Waals surface area contributed by atoms with Crippen molar-refractivity contribution in [2.45, 2.75) is 6.92 Å². The lowest BCUT2D eigenvalue weighted by atomic mass is 10.2. The van der Waals surface area contributed by atoms with E-state index in [1.54, 1.807) is 6.20 Å². The Labute approximate surface area is 136 Å². The highest BCUT2D eigenvalue weighted by atomic mass is 16.5. The van der Waals surface area contributed by atoms with E-state index in [1.165, 1.54) is 5.56 Å². The zero-order valence-electron chi connectivity index (χ0n) is 13.3. The fourth-order valence-corrected chi connectivity index (χ4v) is 2.46. The zero-order chi connectivity index (χ0) is 15.9. The van der Waals surface area contributed by atoms with Crippen molar-refractivity contribution < 1.29 is 4.74 Å².